The van der Waals surface area contributed by atoms with Gasteiger partial charge in [0.2, 0.25) is 5.91 Å². The topological polar surface area (TPSA) is 118 Å². The molecule has 6 nitrogen and oxygen atoms in total. The fourth-order valence-corrected chi connectivity index (χ4v) is 0.510. The molecule has 0 saturated heterocycles. The van der Waals surface area contributed by atoms with E-state index < -0.39 is 29.8 Å². The molecule has 0 aliphatic heterocycles. The Balaban J connectivity index is 4.60. The largest absolute Gasteiger partial charge is 0.481 e. The summed E-state index contributed by atoms with van der Waals surface area (Å²) in [5.41, 5.74) is 0.830. The highest BCUT2D eigenvalue weighted by Crippen LogP contribution is 2.00. The number of carboxylic acids is 2. The molecule has 1 amide bonds. The number of aliphatic carboxylic acids is 2. The van der Waals surface area contributed by atoms with E-state index in [9.17, 15) is 14.4 Å². The molecule has 6 heteroatoms. The Hall–Kier alpha value is -1.85. The van der Waals surface area contributed by atoms with Gasteiger partial charge in [0, 0.05) is 6.08 Å². The molecule has 0 heterocycles. The lowest BCUT2D eigenvalue weighted by Crippen LogP contribution is -2.13. The number of nitrogens with two attached hydrogens (primary N) is 1. The van der Waals surface area contributed by atoms with Crippen molar-refractivity contribution in [3.63, 3.8) is 0 Å². The van der Waals surface area contributed by atoms with E-state index in [0.29, 0.717) is 6.08 Å². The molecule has 4 N–H and O–H groups in total. The van der Waals surface area contributed by atoms with Crippen molar-refractivity contribution in [2.45, 2.75) is 6.42 Å². The predicted molar refractivity (Wildman–Crippen MR) is 37.2 cm³/mol. The molecular formula is C6H7NO5. The van der Waals surface area contributed by atoms with Crippen LogP contribution in [0.25, 0.3) is 0 Å². The zero-order valence-electron chi connectivity index (χ0n) is 6.90. The summed E-state index contributed by atoms with van der Waals surface area (Å²) in [5.74, 6) is -3.82. The van der Waals surface area contributed by atoms with Crippen molar-refractivity contribution in [3.05, 3.63) is 11.6 Å². The lowest BCUT2D eigenvalue weighted by molar-refractivity contribution is -0.139. The van der Waals surface area contributed by atoms with E-state index in [4.69, 9.17) is 11.6 Å². The Labute approximate surface area is 68.8 Å². The van der Waals surface area contributed by atoms with Crippen molar-refractivity contribution in [2.24, 2.45) is 5.73 Å². The van der Waals surface area contributed by atoms with Crippen LogP contribution in [0.2, 0.25) is 1.41 Å². The second-order valence-corrected chi connectivity index (χ2v) is 1.91. The minimum absolute atomic E-state index is 0.559. The van der Waals surface area contributed by atoms with Gasteiger partial charge in [-0.05, 0) is 0 Å². The van der Waals surface area contributed by atoms with Gasteiger partial charge in [-0.25, -0.2) is 4.79 Å². The number of rotatable bonds is 4. The molecule has 0 bridgehead atoms. The van der Waals surface area contributed by atoms with Gasteiger partial charge in [0.1, 0.15) is 0 Å². The van der Waals surface area contributed by atoms with Gasteiger partial charge in [-0.1, -0.05) is 0 Å². The van der Waals surface area contributed by atoms with Gasteiger partial charge in [0.15, 0.2) is 1.41 Å². The summed E-state index contributed by atoms with van der Waals surface area (Å²) in [4.78, 5) is 30.9. The number of amides is 1. The number of carbonyl (C=O) groups is 3. The van der Waals surface area contributed by atoms with E-state index in [1.807, 2.05) is 0 Å². The van der Waals surface area contributed by atoms with Gasteiger partial charge < -0.3 is 15.9 Å². The summed E-state index contributed by atoms with van der Waals surface area (Å²) in [6.07, 6.45) is -0.202. The van der Waals surface area contributed by atoms with Gasteiger partial charge in [-0.3, -0.25) is 9.59 Å². The molecule has 0 aromatic heterocycles. The normalized spacial score (nSPS) is 11.7. The van der Waals surface area contributed by atoms with E-state index in [1.54, 1.807) is 0 Å². The summed E-state index contributed by atoms with van der Waals surface area (Å²) in [7, 11) is 0. The van der Waals surface area contributed by atoms with Gasteiger partial charge in [-0.15, -0.1) is 0 Å². The molecule has 0 fully saturated rings. The van der Waals surface area contributed by atoms with E-state index in [0.717, 1.165) is 0 Å². The third kappa shape index (κ3) is 4.04. The molecule has 0 rings (SSSR count). The minimum atomic E-state index is -1.49. The van der Waals surface area contributed by atoms with Crippen LogP contribution in [0.5, 0.6) is 0 Å². The standard InChI is InChI=1S/C6H7NO5/c7-4(8)1-3(6(11)12)2-5(9)10/h1H,2H2,(H2,7,8)(H,9,10)(H,11,12)/b3-1+/i/hD. The highest BCUT2D eigenvalue weighted by atomic mass is 16.4. The SMILES string of the molecule is [2H]NC(=O)/C=C(\CC(=O)O)C(=O)O. The third-order valence-electron chi connectivity index (χ3n) is 0.922. The minimum Gasteiger partial charge on any atom is -0.481 e. The van der Waals surface area contributed by atoms with E-state index in [2.05, 4.69) is 0 Å². The van der Waals surface area contributed by atoms with Crippen molar-refractivity contribution < 1.29 is 26.0 Å². The molecule has 0 atom stereocenters. The van der Waals surface area contributed by atoms with Crippen LogP contribution < -0.4 is 5.73 Å². The number of carboxylic acid groups (broad SMARTS) is 2. The first-order chi connectivity index (χ1) is 5.97. The highest BCUT2D eigenvalue weighted by Gasteiger charge is 2.12. The zero-order valence-corrected chi connectivity index (χ0v) is 5.90. The summed E-state index contributed by atoms with van der Waals surface area (Å²) in [6, 6.07) is 0. The van der Waals surface area contributed by atoms with Crippen molar-refractivity contribution in [1.82, 2.24) is 0 Å². The Bertz CT molecular complexity index is 272. The molecule has 12 heavy (non-hydrogen) atoms. The van der Waals surface area contributed by atoms with Gasteiger partial charge in [0.05, 0.1) is 12.0 Å². The molecular weight excluding hydrogens is 166 g/mol. The number of primary amides is 1. The predicted octanol–water partition coefficient (Wildman–Crippen LogP) is -1.04. The molecule has 0 aromatic carbocycles. The van der Waals surface area contributed by atoms with Crippen LogP contribution in [-0.4, -0.2) is 28.1 Å². The maximum atomic E-state index is 10.5. The van der Waals surface area contributed by atoms with E-state index in [-0.39, 0.29) is 0 Å². The van der Waals surface area contributed by atoms with Crippen LogP contribution >= 0.6 is 0 Å². The van der Waals surface area contributed by atoms with Crippen molar-refractivity contribution in [1.29, 1.82) is 0 Å². The molecule has 66 valence electrons. The third-order valence-corrected chi connectivity index (χ3v) is 0.922. The summed E-state index contributed by atoms with van der Waals surface area (Å²) in [5, 5.41) is 16.6. The van der Waals surface area contributed by atoms with Crippen molar-refractivity contribution in [3.8, 4) is 0 Å². The van der Waals surface area contributed by atoms with E-state index in [1.165, 1.54) is 5.73 Å². The lowest BCUT2D eigenvalue weighted by Gasteiger charge is -1.95. The van der Waals surface area contributed by atoms with Crippen molar-refractivity contribution >= 4 is 17.8 Å². The van der Waals surface area contributed by atoms with Crippen LogP contribution in [0.15, 0.2) is 11.6 Å². The molecule has 0 aliphatic carbocycles. The summed E-state index contributed by atoms with van der Waals surface area (Å²) < 4.78 is 6.34. The van der Waals surface area contributed by atoms with Crippen LogP contribution in [0.1, 0.15) is 6.42 Å². The lowest BCUT2D eigenvalue weighted by atomic mass is 10.2. The van der Waals surface area contributed by atoms with E-state index >= 15 is 0 Å². The number of hydrogen-bond donors (Lipinski definition) is 3. The molecule has 0 spiro atoms. The fraction of sp³-hybridized carbons (Fsp3) is 0.167. The monoisotopic (exact) mass is 174 g/mol. The second-order valence-electron chi connectivity index (χ2n) is 1.91. The molecule has 0 aromatic rings. The summed E-state index contributed by atoms with van der Waals surface area (Å²) >= 11 is 0. The van der Waals surface area contributed by atoms with Gasteiger partial charge in [-0.2, -0.15) is 0 Å². The quantitative estimate of drug-likeness (QED) is 0.470. The van der Waals surface area contributed by atoms with Gasteiger partial charge in [0.25, 0.3) is 0 Å². The molecule has 0 radical (unpaired) electrons. The van der Waals surface area contributed by atoms with Crippen LogP contribution in [0.4, 0.5) is 0 Å². The maximum absolute atomic E-state index is 10.5. The van der Waals surface area contributed by atoms with Crippen LogP contribution in [0, 0.1) is 0 Å². The Morgan fingerprint density at radius 2 is 2.00 bits per heavy atom. The molecule has 0 aliphatic rings. The maximum Gasteiger partial charge on any atom is 0.332 e. The smallest absolute Gasteiger partial charge is 0.332 e. The molecule has 0 unspecified atom stereocenters. The van der Waals surface area contributed by atoms with Crippen molar-refractivity contribution in [2.75, 3.05) is 0 Å². The van der Waals surface area contributed by atoms with Crippen LogP contribution in [0.3, 0.4) is 0 Å². The number of hydrogen-bond acceptors (Lipinski definition) is 3. The first-order valence-corrected chi connectivity index (χ1v) is 2.84. The highest BCUT2D eigenvalue weighted by molar-refractivity contribution is 5.99. The summed E-state index contributed by atoms with van der Waals surface area (Å²) in [6.45, 7) is 0. The fourth-order valence-electron chi connectivity index (χ4n) is 0.510. The average Bonchev–Trinajstić information content (AvgIpc) is 2.02. The second kappa shape index (κ2) is 4.12. The Morgan fingerprint density at radius 3 is 2.33 bits per heavy atom. The number of carbonyl (C=O) groups excluding carboxylic acids is 1. The molecule has 0 saturated carbocycles. The Kier molecular flexibility index (Phi) is 2.83. The first-order valence-electron chi connectivity index (χ1n) is 3.34. The zero-order chi connectivity index (χ0) is 10.4. The van der Waals surface area contributed by atoms with Crippen LogP contribution in [-0.2, 0) is 14.4 Å². The van der Waals surface area contributed by atoms with Gasteiger partial charge >= 0.3 is 11.9 Å². The average molecular weight is 174 g/mol. The Morgan fingerprint density at radius 1 is 1.42 bits per heavy atom. The first kappa shape index (κ1) is 8.25.